The lowest BCUT2D eigenvalue weighted by atomic mass is 10.1. The van der Waals surface area contributed by atoms with E-state index in [2.05, 4.69) is 0 Å². The van der Waals surface area contributed by atoms with Gasteiger partial charge in [0.2, 0.25) is 0 Å². The number of hydrogen-bond donors (Lipinski definition) is 0. The van der Waals surface area contributed by atoms with Gasteiger partial charge < -0.3 is 4.74 Å². The van der Waals surface area contributed by atoms with Crippen molar-refractivity contribution in [1.82, 2.24) is 0 Å². The van der Waals surface area contributed by atoms with Crippen LogP contribution in [0.1, 0.15) is 31.1 Å². The van der Waals surface area contributed by atoms with Crippen molar-refractivity contribution < 1.29 is 14.5 Å². The number of nitro groups is 1. The second-order valence-electron chi connectivity index (χ2n) is 4.31. The molecule has 1 aromatic carbocycles. The Morgan fingerprint density at radius 2 is 2.00 bits per heavy atom. The second-order valence-corrected chi connectivity index (χ2v) is 4.31. The van der Waals surface area contributed by atoms with E-state index in [9.17, 15) is 14.9 Å². The van der Waals surface area contributed by atoms with Gasteiger partial charge in [-0.25, -0.2) is 4.79 Å². The summed E-state index contributed by atoms with van der Waals surface area (Å²) in [6.07, 6.45) is 0. The molecule has 0 spiro atoms. The van der Waals surface area contributed by atoms with Gasteiger partial charge in [0, 0.05) is 12.1 Å². The van der Waals surface area contributed by atoms with E-state index < -0.39 is 16.5 Å². The van der Waals surface area contributed by atoms with Gasteiger partial charge in [-0.05, 0) is 26.8 Å². The Morgan fingerprint density at radius 1 is 1.38 bits per heavy atom. The summed E-state index contributed by atoms with van der Waals surface area (Å²) in [5.74, 6) is -0.559. The molecule has 0 radical (unpaired) electrons. The van der Waals surface area contributed by atoms with Crippen LogP contribution in [0.4, 0.5) is 5.69 Å². The summed E-state index contributed by atoms with van der Waals surface area (Å²) < 4.78 is 5.10. The van der Waals surface area contributed by atoms with Gasteiger partial charge in [0.25, 0.3) is 5.69 Å². The predicted octanol–water partition coefficient (Wildman–Crippen LogP) is 2.55. The summed E-state index contributed by atoms with van der Waals surface area (Å²) in [5.41, 5.74) is -0.547. The van der Waals surface area contributed by atoms with Crippen LogP contribution in [0.15, 0.2) is 24.3 Å². The smallest absolute Gasteiger partial charge is 0.338 e. The fraction of sp³-hybridized carbons (Fsp3) is 0.364. The van der Waals surface area contributed by atoms with E-state index in [0.717, 1.165) is 0 Å². The first-order valence-electron chi connectivity index (χ1n) is 4.77. The third kappa shape index (κ3) is 3.34. The maximum absolute atomic E-state index is 11.6. The maximum atomic E-state index is 11.6. The molecule has 0 saturated carbocycles. The number of non-ortho nitro benzene ring substituents is 1. The first-order chi connectivity index (χ1) is 7.29. The fourth-order valence-electron chi connectivity index (χ4n) is 1.08. The Hall–Kier alpha value is -1.91. The zero-order valence-corrected chi connectivity index (χ0v) is 9.39. The highest BCUT2D eigenvalue weighted by atomic mass is 16.6. The lowest BCUT2D eigenvalue weighted by molar-refractivity contribution is -0.384. The molecular formula is C11H13NO4. The van der Waals surface area contributed by atoms with Crippen molar-refractivity contribution in [3.05, 3.63) is 39.9 Å². The molecule has 0 N–H and O–H groups in total. The van der Waals surface area contributed by atoms with Crippen LogP contribution in [0.5, 0.6) is 0 Å². The zero-order valence-electron chi connectivity index (χ0n) is 9.39. The van der Waals surface area contributed by atoms with E-state index in [4.69, 9.17) is 4.74 Å². The SMILES string of the molecule is CC(C)(C)OC(=O)c1cccc([N+](=O)[O-])c1. The summed E-state index contributed by atoms with van der Waals surface area (Å²) >= 11 is 0. The number of carbonyl (C=O) groups is 1. The van der Waals surface area contributed by atoms with E-state index in [0.29, 0.717) is 0 Å². The first kappa shape index (κ1) is 12.2. The topological polar surface area (TPSA) is 69.4 Å². The first-order valence-corrected chi connectivity index (χ1v) is 4.77. The van der Waals surface area contributed by atoms with Crippen LogP contribution in [0.3, 0.4) is 0 Å². The molecule has 1 aromatic rings. The quantitative estimate of drug-likeness (QED) is 0.439. The van der Waals surface area contributed by atoms with Crippen molar-refractivity contribution in [2.75, 3.05) is 0 Å². The zero-order chi connectivity index (χ0) is 12.3. The highest BCUT2D eigenvalue weighted by Crippen LogP contribution is 2.16. The Kier molecular flexibility index (Phi) is 3.27. The van der Waals surface area contributed by atoms with Crippen LogP contribution >= 0.6 is 0 Å². The second kappa shape index (κ2) is 4.30. The number of rotatable bonds is 2. The summed E-state index contributed by atoms with van der Waals surface area (Å²) in [5, 5.41) is 10.5. The Labute approximate surface area is 93.2 Å². The number of nitrogens with zero attached hydrogens (tertiary/aromatic N) is 1. The van der Waals surface area contributed by atoms with Crippen molar-refractivity contribution in [3.8, 4) is 0 Å². The molecule has 0 saturated heterocycles. The largest absolute Gasteiger partial charge is 0.456 e. The van der Waals surface area contributed by atoms with Gasteiger partial charge in [-0.1, -0.05) is 6.07 Å². The van der Waals surface area contributed by atoms with E-state index in [-0.39, 0.29) is 11.3 Å². The minimum absolute atomic E-state index is 0.122. The van der Waals surface area contributed by atoms with Gasteiger partial charge in [0.1, 0.15) is 5.60 Å². The molecule has 5 nitrogen and oxygen atoms in total. The van der Waals surface area contributed by atoms with Crippen molar-refractivity contribution in [3.63, 3.8) is 0 Å². The Bertz CT molecular complexity index is 420. The van der Waals surface area contributed by atoms with Crippen molar-refractivity contribution in [1.29, 1.82) is 0 Å². The van der Waals surface area contributed by atoms with Crippen LogP contribution < -0.4 is 0 Å². The molecule has 86 valence electrons. The number of nitro benzene ring substituents is 1. The number of hydrogen-bond acceptors (Lipinski definition) is 4. The molecule has 5 heteroatoms. The monoisotopic (exact) mass is 223 g/mol. The van der Waals surface area contributed by atoms with Crippen molar-refractivity contribution in [2.45, 2.75) is 26.4 Å². The average Bonchev–Trinajstić information content (AvgIpc) is 2.15. The van der Waals surface area contributed by atoms with Gasteiger partial charge in [-0.2, -0.15) is 0 Å². The molecule has 16 heavy (non-hydrogen) atoms. The Balaban J connectivity index is 2.92. The van der Waals surface area contributed by atoms with E-state index >= 15 is 0 Å². The predicted molar refractivity (Wildman–Crippen MR) is 58.3 cm³/mol. The van der Waals surface area contributed by atoms with Gasteiger partial charge in [-0.15, -0.1) is 0 Å². The molecule has 0 fully saturated rings. The minimum atomic E-state index is -0.609. The average molecular weight is 223 g/mol. The van der Waals surface area contributed by atoms with Crippen LogP contribution in [0.25, 0.3) is 0 Å². The molecule has 0 atom stereocenters. The molecule has 0 heterocycles. The molecule has 0 unspecified atom stereocenters. The van der Waals surface area contributed by atoms with Gasteiger partial charge in [0.15, 0.2) is 0 Å². The summed E-state index contributed by atoms with van der Waals surface area (Å²) in [6.45, 7) is 5.22. The summed E-state index contributed by atoms with van der Waals surface area (Å²) in [7, 11) is 0. The fourth-order valence-corrected chi connectivity index (χ4v) is 1.08. The molecule has 1 rings (SSSR count). The molecule has 0 aliphatic heterocycles. The highest BCUT2D eigenvalue weighted by Gasteiger charge is 2.19. The number of carbonyl (C=O) groups excluding carboxylic acids is 1. The van der Waals surface area contributed by atoms with E-state index in [1.54, 1.807) is 20.8 Å². The summed E-state index contributed by atoms with van der Waals surface area (Å²) in [6, 6.07) is 5.47. The lowest BCUT2D eigenvalue weighted by Crippen LogP contribution is -2.23. The number of ether oxygens (including phenoxy) is 1. The Morgan fingerprint density at radius 3 is 2.50 bits per heavy atom. The van der Waals surface area contributed by atoms with Gasteiger partial charge in [0.05, 0.1) is 10.5 Å². The van der Waals surface area contributed by atoms with Gasteiger partial charge >= 0.3 is 5.97 Å². The van der Waals surface area contributed by atoms with Crippen LogP contribution in [-0.2, 0) is 4.74 Å². The van der Waals surface area contributed by atoms with Crippen molar-refractivity contribution >= 4 is 11.7 Å². The van der Waals surface area contributed by atoms with E-state index in [1.165, 1.54) is 24.3 Å². The van der Waals surface area contributed by atoms with Gasteiger partial charge in [-0.3, -0.25) is 10.1 Å². The minimum Gasteiger partial charge on any atom is -0.456 e. The standard InChI is InChI=1S/C11H13NO4/c1-11(2,3)16-10(13)8-5-4-6-9(7-8)12(14)15/h4-7H,1-3H3. The molecule has 0 bridgehead atoms. The normalized spacial score (nSPS) is 10.9. The number of benzene rings is 1. The van der Waals surface area contributed by atoms with E-state index in [1.807, 2.05) is 0 Å². The van der Waals surface area contributed by atoms with Crippen molar-refractivity contribution in [2.24, 2.45) is 0 Å². The molecule has 0 aliphatic carbocycles. The lowest BCUT2D eigenvalue weighted by Gasteiger charge is -2.19. The van der Waals surface area contributed by atoms with Crippen LogP contribution in [0.2, 0.25) is 0 Å². The molecule has 0 aliphatic rings. The molecular weight excluding hydrogens is 210 g/mol. The number of esters is 1. The van der Waals surface area contributed by atoms with Crippen LogP contribution in [0, 0.1) is 10.1 Å². The highest BCUT2D eigenvalue weighted by molar-refractivity contribution is 5.90. The maximum Gasteiger partial charge on any atom is 0.338 e. The summed E-state index contributed by atoms with van der Waals surface area (Å²) in [4.78, 5) is 21.6. The third-order valence-electron chi connectivity index (χ3n) is 1.69. The van der Waals surface area contributed by atoms with Crippen LogP contribution in [-0.4, -0.2) is 16.5 Å². The molecule has 0 amide bonds. The molecule has 0 aromatic heterocycles. The third-order valence-corrected chi connectivity index (χ3v) is 1.69.